The van der Waals surface area contributed by atoms with Crippen molar-refractivity contribution < 1.29 is 4.79 Å². The molecule has 94 valence electrons. The molecule has 0 N–H and O–H groups in total. The van der Waals surface area contributed by atoms with Gasteiger partial charge < -0.3 is 9.80 Å². The second-order valence-corrected chi connectivity index (χ2v) is 4.93. The van der Waals surface area contributed by atoms with Crippen molar-refractivity contribution in [3.63, 3.8) is 0 Å². The number of likely N-dealkylation sites (tertiary alicyclic amines) is 1. The van der Waals surface area contributed by atoms with E-state index in [9.17, 15) is 4.79 Å². The van der Waals surface area contributed by atoms with Crippen LogP contribution in [0.4, 0.5) is 0 Å². The zero-order valence-corrected chi connectivity index (χ0v) is 11.2. The molecular weight excluding hydrogens is 200 g/mol. The number of carbonyl (C=O) groups excluding carboxylic acids is 1. The fourth-order valence-corrected chi connectivity index (χ4v) is 2.56. The Bertz CT molecular complexity index is 216. The molecule has 1 heterocycles. The summed E-state index contributed by atoms with van der Waals surface area (Å²) in [6, 6.07) is 0.686. The highest BCUT2D eigenvalue weighted by Crippen LogP contribution is 2.17. The monoisotopic (exact) mass is 226 g/mol. The maximum atomic E-state index is 11.8. The van der Waals surface area contributed by atoms with Crippen LogP contribution < -0.4 is 0 Å². The van der Waals surface area contributed by atoms with Crippen LogP contribution in [0.15, 0.2) is 0 Å². The lowest BCUT2D eigenvalue weighted by Gasteiger charge is -2.38. The van der Waals surface area contributed by atoms with Crippen LogP contribution in [0.2, 0.25) is 0 Å². The van der Waals surface area contributed by atoms with Crippen molar-refractivity contribution >= 4 is 5.91 Å². The van der Waals surface area contributed by atoms with Crippen LogP contribution in [0.1, 0.15) is 40.5 Å². The van der Waals surface area contributed by atoms with Gasteiger partial charge in [-0.25, -0.2) is 0 Å². The van der Waals surface area contributed by atoms with Gasteiger partial charge >= 0.3 is 0 Å². The summed E-state index contributed by atoms with van der Waals surface area (Å²) >= 11 is 0. The summed E-state index contributed by atoms with van der Waals surface area (Å²) in [7, 11) is 0. The van der Waals surface area contributed by atoms with Crippen molar-refractivity contribution in [2.75, 3.05) is 26.2 Å². The van der Waals surface area contributed by atoms with Gasteiger partial charge in [0.1, 0.15) is 0 Å². The Hall–Kier alpha value is -0.570. The molecule has 1 aliphatic heterocycles. The number of piperidine rings is 1. The average Bonchev–Trinajstić information content (AvgIpc) is 2.30. The van der Waals surface area contributed by atoms with E-state index in [-0.39, 0.29) is 5.92 Å². The molecule has 3 heteroatoms. The highest BCUT2D eigenvalue weighted by molar-refractivity contribution is 5.78. The van der Waals surface area contributed by atoms with Gasteiger partial charge in [-0.3, -0.25) is 4.79 Å². The Morgan fingerprint density at radius 2 is 1.75 bits per heavy atom. The van der Waals surface area contributed by atoms with Gasteiger partial charge in [-0.2, -0.15) is 0 Å². The fourth-order valence-electron chi connectivity index (χ4n) is 2.56. The standard InChI is InChI=1S/C13H26N2O/c1-5-14(6-2)12-7-9-15(10-8-12)13(16)11(3)4/h11-12H,5-10H2,1-4H3. The van der Waals surface area contributed by atoms with Crippen LogP contribution in [0.25, 0.3) is 0 Å². The van der Waals surface area contributed by atoms with Crippen LogP contribution in [0.3, 0.4) is 0 Å². The molecule has 1 amide bonds. The first kappa shape index (κ1) is 13.5. The Kier molecular flexibility index (Phi) is 5.26. The number of amides is 1. The first-order valence-electron chi connectivity index (χ1n) is 6.62. The van der Waals surface area contributed by atoms with Crippen LogP contribution in [0, 0.1) is 5.92 Å². The number of rotatable bonds is 4. The van der Waals surface area contributed by atoms with Crippen molar-refractivity contribution in [3.8, 4) is 0 Å². The zero-order valence-electron chi connectivity index (χ0n) is 11.2. The summed E-state index contributed by atoms with van der Waals surface area (Å²) in [5.74, 6) is 0.461. The summed E-state index contributed by atoms with van der Waals surface area (Å²) < 4.78 is 0. The van der Waals surface area contributed by atoms with Gasteiger partial charge in [-0.1, -0.05) is 27.7 Å². The van der Waals surface area contributed by atoms with Crippen LogP contribution in [-0.4, -0.2) is 47.9 Å². The maximum absolute atomic E-state index is 11.8. The quantitative estimate of drug-likeness (QED) is 0.732. The molecule has 0 bridgehead atoms. The van der Waals surface area contributed by atoms with E-state index < -0.39 is 0 Å². The third kappa shape index (κ3) is 3.21. The third-order valence-corrected chi connectivity index (χ3v) is 3.60. The topological polar surface area (TPSA) is 23.6 Å². The first-order chi connectivity index (χ1) is 7.60. The van der Waals surface area contributed by atoms with E-state index >= 15 is 0 Å². The van der Waals surface area contributed by atoms with Crippen molar-refractivity contribution in [2.24, 2.45) is 5.92 Å². The van der Waals surface area contributed by atoms with Gasteiger partial charge in [-0.15, -0.1) is 0 Å². The van der Waals surface area contributed by atoms with Gasteiger partial charge in [0.15, 0.2) is 0 Å². The second kappa shape index (κ2) is 6.24. The lowest BCUT2D eigenvalue weighted by Crippen LogP contribution is -2.47. The van der Waals surface area contributed by atoms with Gasteiger partial charge in [0, 0.05) is 25.0 Å². The molecule has 16 heavy (non-hydrogen) atoms. The van der Waals surface area contributed by atoms with Crippen molar-refractivity contribution in [1.82, 2.24) is 9.80 Å². The highest BCUT2D eigenvalue weighted by atomic mass is 16.2. The molecule has 0 unspecified atom stereocenters. The molecule has 0 atom stereocenters. The fraction of sp³-hybridized carbons (Fsp3) is 0.923. The highest BCUT2D eigenvalue weighted by Gasteiger charge is 2.26. The summed E-state index contributed by atoms with van der Waals surface area (Å²) in [6.07, 6.45) is 2.28. The van der Waals surface area contributed by atoms with Gasteiger partial charge in [-0.05, 0) is 25.9 Å². The second-order valence-electron chi connectivity index (χ2n) is 4.93. The van der Waals surface area contributed by atoms with Gasteiger partial charge in [0.2, 0.25) is 5.91 Å². The largest absolute Gasteiger partial charge is 0.342 e. The van der Waals surface area contributed by atoms with E-state index in [1.165, 1.54) is 0 Å². The molecule has 0 aromatic carbocycles. The molecule has 0 aromatic heterocycles. The molecule has 0 aromatic rings. The number of carbonyl (C=O) groups is 1. The Balaban J connectivity index is 2.42. The van der Waals surface area contributed by atoms with Crippen LogP contribution >= 0.6 is 0 Å². The molecule has 1 rings (SSSR count). The molecule has 1 fully saturated rings. The normalized spacial score (nSPS) is 18.5. The molecule has 0 saturated carbocycles. The average molecular weight is 226 g/mol. The predicted octanol–water partition coefficient (Wildman–Crippen LogP) is 1.98. The number of hydrogen-bond acceptors (Lipinski definition) is 2. The van der Waals surface area contributed by atoms with Crippen molar-refractivity contribution in [1.29, 1.82) is 0 Å². The molecule has 0 spiro atoms. The molecule has 1 aliphatic rings. The smallest absolute Gasteiger partial charge is 0.225 e. The minimum Gasteiger partial charge on any atom is -0.342 e. The molecule has 0 aliphatic carbocycles. The summed E-state index contributed by atoms with van der Waals surface area (Å²) in [6.45, 7) is 12.5. The van der Waals surface area contributed by atoms with Crippen LogP contribution in [0.5, 0.6) is 0 Å². The maximum Gasteiger partial charge on any atom is 0.225 e. The lowest BCUT2D eigenvalue weighted by atomic mass is 10.0. The van der Waals surface area contributed by atoms with Crippen molar-refractivity contribution in [3.05, 3.63) is 0 Å². The van der Waals surface area contributed by atoms with E-state index in [0.29, 0.717) is 11.9 Å². The van der Waals surface area contributed by atoms with Crippen LogP contribution in [-0.2, 0) is 4.79 Å². The van der Waals surface area contributed by atoms with E-state index in [2.05, 4.69) is 18.7 Å². The predicted molar refractivity (Wildman–Crippen MR) is 67.4 cm³/mol. The molecule has 0 radical (unpaired) electrons. The minimum atomic E-state index is 0.144. The first-order valence-corrected chi connectivity index (χ1v) is 6.62. The molecular formula is C13H26N2O. The number of hydrogen-bond donors (Lipinski definition) is 0. The number of nitrogens with zero attached hydrogens (tertiary/aromatic N) is 2. The van der Waals surface area contributed by atoms with Crippen molar-refractivity contribution in [2.45, 2.75) is 46.6 Å². The molecule has 3 nitrogen and oxygen atoms in total. The van der Waals surface area contributed by atoms with Gasteiger partial charge in [0.05, 0.1) is 0 Å². The van der Waals surface area contributed by atoms with E-state index in [0.717, 1.165) is 39.0 Å². The Labute approximate surface area is 99.8 Å². The summed E-state index contributed by atoms with van der Waals surface area (Å²) in [5, 5.41) is 0. The van der Waals surface area contributed by atoms with E-state index in [1.807, 2.05) is 18.7 Å². The summed E-state index contributed by atoms with van der Waals surface area (Å²) in [4.78, 5) is 16.4. The van der Waals surface area contributed by atoms with E-state index in [1.54, 1.807) is 0 Å². The third-order valence-electron chi connectivity index (χ3n) is 3.60. The van der Waals surface area contributed by atoms with E-state index in [4.69, 9.17) is 0 Å². The summed E-state index contributed by atoms with van der Waals surface area (Å²) in [5.41, 5.74) is 0. The van der Waals surface area contributed by atoms with Gasteiger partial charge in [0.25, 0.3) is 0 Å². The minimum absolute atomic E-state index is 0.144. The Morgan fingerprint density at radius 3 is 2.12 bits per heavy atom. The zero-order chi connectivity index (χ0) is 12.1. The molecule has 1 saturated heterocycles. The Morgan fingerprint density at radius 1 is 1.25 bits per heavy atom. The SMILES string of the molecule is CCN(CC)C1CCN(C(=O)C(C)C)CC1. The lowest BCUT2D eigenvalue weighted by molar-refractivity contribution is -0.136.